The molecule has 0 spiro atoms. The summed E-state index contributed by atoms with van der Waals surface area (Å²) in [6.45, 7) is 4.59. The minimum atomic E-state index is 0.615. The normalized spacial score (nSPS) is 10.8. The molecule has 5 nitrogen and oxygen atoms in total. The van der Waals surface area contributed by atoms with Gasteiger partial charge in [-0.25, -0.2) is 0 Å². The van der Waals surface area contributed by atoms with Crippen LogP contribution in [0.5, 0.6) is 0 Å². The van der Waals surface area contributed by atoms with Crippen molar-refractivity contribution in [1.29, 1.82) is 0 Å². The van der Waals surface area contributed by atoms with E-state index in [1.54, 1.807) is 0 Å². The highest BCUT2D eigenvalue weighted by Gasteiger charge is 2.09. The highest BCUT2D eigenvalue weighted by molar-refractivity contribution is 5.66. The molecule has 3 aromatic rings. The monoisotopic (exact) mass is 282 g/mol. The molecule has 0 aliphatic heterocycles. The van der Waals surface area contributed by atoms with Crippen molar-refractivity contribution in [2.45, 2.75) is 20.4 Å². The highest BCUT2D eigenvalue weighted by atomic mass is 16.5. The van der Waals surface area contributed by atoms with E-state index in [0.717, 1.165) is 28.5 Å². The lowest BCUT2D eigenvalue weighted by molar-refractivity contribution is 0.391. The van der Waals surface area contributed by atoms with Gasteiger partial charge in [0.05, 0.1) is 12.2 Å². The Bertz CT molecular complexity index is 757. The van der Waals surface area contributed by atoms with Crippen molar-refractivity contribution in [1.82, 2.24) is 14.9 Å². The van der Waals surface area contributed by atoms with Gasteiger partial charge in [-0.15, -0.1) is 0 Å². The average molecular weight is 282 g/mol. The Morgan fingerprint density at radius 2 is 2.00 bits per heavy atom. The Hall–Kier alpha value is -2.56. The van der Waals surface area contributed by atoms with E-state index in [9.17, 15) is 0 Å². The number of benzene rings is 1. The average Bonchev–Trinajstić information content (AvgIpc) is 3.03. The van der Waals surface area contributed by atoms with Gasteiger partial charge in [0.25, 0.3) is 0 Å². The van der Waals surface area contributed by atoms with Crippen molar-refractivity contribution in [2.24, 2.45) is 7.05 Å². The van der Waals surface area contributed by atoms with Gasteiger partial charge in [-0.1, -0.05) is 29.4 Å². The number of aryl methyl sites for hydroxylation is 3. The minimum absolute atomic E-state index is 0.615. The smallest absolute Gasteiger partial charge is 0.133 e. The van der Waals surface area contributed by atoms with E-state index in [2.05, 4.69) is 40.7 Å². The molecule has 0 aliphatic carbocycles. The number of anilines is 1. The summed E-state index contributed by atoms with van der Waals surface area (Å²) in [5.41, 5.74) is 4.22. The molecule has 0 atom stereocenters. The Labute approximate surface area is 123 Å². The second-order valence-corrected chi connectivity index (χ2v) is 5.14. The zero-order valence-corrected chi connectivity index (χ0v) is 12.4. The Balaban J connectivity index is 1.80. The molecule has 0 fully saturated rings. The Morgan fingerprint density at radius 3 is 2.71 bits per heavy atom. The first-order valence-electron chi connectivity index (χ1n) is 6.89. The van der Waals surface area contributed by atoms with Crippen LogP contribution in [0, 0.1) is 13.8 Å². The van der Waals surface area contributed by atoms with Gasteiger partial charge in [-0.3, -0.25) is 4.68 Å². The fraction of sp³-hybridized carbons (Fsp3) is 0.250. The van der Waals surface area contributed by atoms with Crippen LogP contribution in [0.4, 0.5) is 5.82 Å². The lowest BCUT2D eigenvalue weighted by Crippen LogP contribution is -2.04. The Morgan fingerprint density at radius 1 is 1.19 bits per heavy atom. The summed E-state index contributed by atoms with van der Waals surface area (Å²) in [6, 6.07) is 12.2. The van der Waals surface area contributed by atoms with Crippen molar-refractivity contribution in [3.8, 4) is 11.3 Å². The van der Waals surface area contributed by atoms with Gasteiger partial charge in [-0.2, -0.15) is 5.10 Å². The van der Waals surface area contributed by atoms with Crippen LogP contribution >= 0.6 is 0 Å². The third-order valence-corrected chi connectivity index (χ3v) is 3.43. The van der Waals surface area contributed by atoms with Crippen molar-refractivity contribution in [3.63, 3.8) is 0 Å². The van der Waals surface area contributed by atoms with Gasteiger partial charge in [0.1, 0.15) is 17.3 Å². The SMILES string of the molecule is Cc1cc(CNc2cc(-c3ccccc3C)nn2C)no1. The predicted molar refractivity (Wildman–Crippen MR) is 81.9 cm³/mol. The van der Waals surface area contributed by atoms with E-state index < -0.39 is 0 Å². The molecule has 0 aliphatic rings. The molecule has 1 N–H and O–H groups in total. The second kappa shape index (κ2) is 5.44. The van der Waals surface area contributed by atoms with E-state index >= 15 is 0 Å². The molecule has 5 heteroatoms. The van der Waals surface area contributed by atoms with E-state index in [-0.39, 0.29) is 0 Å². The number of nitrogens with one attached hydrogen (secondary N) is 1. The number of hydrogen-bond acceptors (Lipinski definition) is 4. The van der Waals surface area contributed by atoms with Gasteiger partial charge >= 0.3 is 0 Å². The van der Waals surface area contributed by atoms with Crippen molar-refractivity contribution in [3.05, 3.63) is 53.4 Å². The molecule has 3 rings (SSSR count). The highest BCUT2D eigenvalue weighted by Crippen LogP contribution is 2.24. The molecule has 0 bridgehead atoms. The topological polar surface area (TPSA) is 55.9 Å². The fourth-order valence-electron chi connectivity index (χ4n) is 2.31. The lowest BCUT2D eigenvalue weighted by Gasteiger charge is -2.02. The minimum Gasteiger partial charge on any atom is -0.364 e. The summed E-state index contributed by atoms with van der Waals surface area (Å²) >= 11 is 0. The van der Waals surface area contributed by atoms with Crippen molar-refractivity contribution < 1.29 is 4.52 Å². The first-order valence-corrected chi connectivity index (χ1v) is 6.89. The zero-order valence-electron chi connectivity index (χ0n) is 12.4. The van der Waals surface area contributed by atoms with Crippen LogP contribution in [0.25, 0.3) is 11.3 Å². The van der Waals surface area contributed by atoms with E-state index in [1.807, 2.05) is 36.9 Å². The molecule has 108 valence electrons. The lowest BCUT2D eigenvalue weighted by atomic mass is 10.1. The van der Waals surface area contributed by atoms with Crippen molar-refractivity contribution >= 4 is 5.82 Å². The van der Waals surface area contributed by atoms with Gasteiger partial charge in [-0.05, 0) is 19.4 Å². The number of rotatable bonds is 4. The maximum absolute atomic E-state index is 5.06. The molecule has 0 amide bonds. The second-order valence-electron chi connectivity index (χ2n) is 5.14. The molecular formula is C16H18N4O. The molecule has 0 radical (unpaired) electrons. The molecule has 0 saturated carbocycles. The third kappa shape index (κ3) is 2.81. The van der Waals surface area contributed by atoms with Crippen LogP contribution in [0.2, 0.25) is 0 Å². The van der Waals surface area contributed by atoms with Crippen LogP contribution in [-0.4, -0.2) is 14.9 Å². The molecule has 1 aromatic carbocycles. The number of hydrogen-bond donors (Lipinski definition) is 1. The number of aromatic nitrogens is 3. The van der Waals surface area contributed by atoms with Crippen molar-refractivity contribution in [2.75, 3.05) is 5.32 Å². The maximum Gasteiger partial charge on any atom is 0.133 e. The first kappa shape index (κ1) is 13.4. The summed E-state index contributed by atoms with van der Waals surface area (Å²) in [4.78, 5) is 0. The summed E-state index contributed by atoms with van der Waals surface area (Å²) in [7, 11) is 1.93. The summed E-state index contributed by atoms with van der Waals surface area (Å²) < 4.78 is 6.90. The van der Waals surface area contributed by atoms with Crippen LogP contribution in [0.1, 0.15) is 17.0 Å². The molecular weight excluding hydrogens is 264 g/mol. The molecule has 2 aromatic heterocycles. The molecule has 21 heavy (non-hydrogen) atoms. The quantitative estimate of drug-likeness (QED) is 0.797. The standard InChI is InChI=1S/C16H18N4O/c1-11-6-4-5-7-14(11)15-9-16(20(3)18-15)17-10-13-8-12(2)21-19-13/h4-9,17H,10H2,1-3H3. The van der Waals surface area contributed by atoms with Crippen LogP contribution in [-0.2, 0) is 13.6 Å². The summed E-state index contributed by atoms with van der Waals surface area (Å²) in [5.74, 6) is 1.77. The van der Waals surface area contributed by atoms with Crippen LogP contribution < -0.4 is 5.32 Å². The molecule has 0 unspecified atom stereocenters. The van der Waals surface area contributed by atoms with Gasteiger partial charge in [0, 0.05) is 24.7 Å². The van der Waals surface area contributed by atoms with E-state index in [4.69, 9.17) is 4.52 Å². The van der Waals surface area contributed by atoms with Gasteiger partial charge < -0.3 is 9.84 Å². The van der Waals surface area contributed by atoms with Gasteiger partial charge in [0.2, 0.25) is 0 Å². The largest absolute Gasteiger partial charge is 0.364 e. The van der Waals surface area contributed by atoms with Gasteiger partial charge in [0.15, 0.2) is 0 Å². The first-order chi connectivity index (χ1) is 10.1. The number of nitrogens with zero attached hydrogens (tertiary/aromatic N) is 3. The van der Waals surface area contributed by atoms with E-state index in [0.29, 0.717) is 6.54 Å². The van der Waals surface area contributed by atoms with E-state index in [1.165, 1.54) is 5.56 Å². The molecule has 2 heterocycles. The summed E-state index contributed by atoms with van der Waals surface area (Å²) in [6.07, 6.45) is 0. The zero-order chi connectivity index (χ0) is 14.8. The van der Waals surface area contributed by atoms with Crippen LogP contribution in [0.3, 0.4) is 0 Å². The Kier molecular flexibility index (Phi) is 3.48. The third-order valence-electron chi connectivity index (χ3n) is 3.43. The fourth-order valence-corrected chi connectivity index (χ4v) is 2.31. The van der Waals surface area contributed by atoms with Crippen LogP contribution in [0.15, 0.2) is 40.9 Å². The maximum atomic E-state index is 5.06. The predicted octanol–water partition coefficient (Wildman–Crippen LogP) is 3.30. The molecule has 0 saturated heterocycles. The summed E-state index contributed by atoms with van der Waals surface area (Å²) in [5, 5.41) is 11.9.